The molecule has 0 fully saturated rings. The number of primary amides is 2. The maximum atomic E-state index is 10.5. The second-order valence-corrected chi connectivity index (χ2v) is 2.81. The van der Waals surface area contributed by atoms with E-state index in [1.165, 1.54) is 0 Å². The number of carboxylic acids is 1. The summed E-state index contributed by atoms with van der Waals surface area (Å²) in [4.78, 5) is 31.1. The number of hydrogen-bond donors (Lipinski definition) is 4. The Morgan fingerprint density at radius 3 is 2.20 bits per heavy atom. The summed E-state index contributed by atoms with van der Waals surface area (Å²) < 4.78 is 0. The quantitative estimate of drug-likeness (QED) is 0.356. The minimum atomic E-state index is -1.42. The van der Waals surface area contributed by atoms with Crippen molar-refractivity contribution in [3.63, 3.8) is 0 Å². The van der Waals surface area contributed by atoms with Crippen LogP contribution >= 0.6 is 0 Å². The third kappa shape index (κ3) is 7.11. The lowest BCUT2D eigenvalue weighted by Gasteiger charge is -2.18. The van der Waals surface area contributed by atoms with Crippen LogP contribution in [-0.4, -0.2) is 30.6 Å². The number of carbonyl (C=O) groups is 3. The van der Waals surface area contributed by atoms with Gasteiger partial charge >= 0.3 is 12.1 Å². The largest absolute Gasteiger partial charge is 0.548 e. The zero-order chi connectivity index (χ0) is 11.8. The predicted octanol–water partition coefficient (Wildman–Crippen LogP) is -2.78. The van der Waals surface area contributed by atoms with Crippen molar-refractivity contribution < 1.29 is 19.5 Å². The van der Waals surface area contributed by atoms with Gasteiger partial charge in [0.1, 0.15) is 0 Å². The van der Waals surface area contributed by atoms with Gasteiger partial charge < -0.3 is 32.0 Å². The number of carbonyl (C=O) groups excluding carboxylic acids is 3. The molecule has 0 aromatic heterocycles. The molecule has 15 heavy (non-hydrogen) atoms. The van der Waals surface area contributed by atoms with E-state index in [1.807, 2.05) is 5.32 Å². The van der Waals surface area contributed by atoms with Crippen molar-refractivity contribution in [1.29, 1.82) is 0 Å². The molecule has 0 saturated heterocycles. The summed E-state index contributed by atoms with van der Waals surface area (Å²) >= 11 is 0. The Labute approximate surface area is 86.0 Å². The SMILES string of the molecule is NC(=O)NCCC[C@H](NC(N)=O)C(=O)[O-]. The molecule has 1 atom stereocenters. The Morgan fingerprint density at radius 2 is 1.80 bits per heavy atom. The fourth-order valence-corrected chi connectivity index (χ4v) is 0.938. The van der Waals surface area contributed by atoms with E-state index in [2.05, 4.69) is 5.32 Å². The highest BCUT2D eigenvalue weighted by atomic mass is 16.4. The molecule has 86 valence electrons. The molecular weight excluding hydrogens is 204 g/mol. The van der Waals surface area contributed by atoms with Gasteiger partial charge in [-0.15, -0.1) is 0 Å². The second kappa shape index (κ2) is 6.46. The van der Waals surface area contributed by atoms with Crippen molar-refractivity contribution in [2.45, 2.75) is 18.9 Å². The van der Waals surface area contributed by atoms with Crippen LogP contribution in [-0.2, 0) is 4.79 Å². The van der Waals surface area contributed by atoms with E-state index >= 15 is 0 Å². The molecule has 0 saturated carbocycles. The summed E-state index contributed by atoms with van der Waals surface area (Å²) in [5.41, 5.74) is 9.53. The molecule has 0 unspecified atom stereocenters. The lowest BCUT2D eigenvalue weighted by molar-refractivity contribution is -0.308. The van der Waals surface area contributed by atoms with Gasteiger partial charge in [-0.25, -0.2) is 9.59 Å². The average molecular weight is 217 g/mol. The number of hydrogen-bond acceptors (Lipinski definition) is 4. The molecule has 8 heteroatoms. The van der Waals surface area contributed by atoms with Crippen molar-refractivity contribution in [1.82, 2.24) is 10.6 Å². The molecule has 0 aliphatic carbocycles. The molecule has 0 aliphatic rings. The molecule has 0 aliphatic heterocycles. The first-order chi connectivity index (χ1) is 6.93. The Kier molecular flexibility index (Phi) is 5.60. The highest BCUT2D eigenvalue weighted by molar-refractivity contribution is 5.80. The zero-order valence-corrected chi connectivity index (χ0v) is 7.99. The molecule has 8 nitrogen and oxygen atoms in total. The number of amides is 4. The number of nitrogens with one attached hydrogen (secondary N) is 2. The van der Waals surface area contributed by atoms with Crippen LogP contribution in [0.25, 0.3) is 0 Å². The molecule has 4 amide bonds. The zero-order valence-electron chi connectivity index (χ0n) is 7.99. The van der Waals surface area contributed by atoms with Gasteiger partial charge in [0.05, 0.1) is 12.0 Å². The average Bonchev–Trinajstić information content (AvgIpc) is 2.08. The lowest BCUT2D eigenvalue weighted by atomic mass is 10.1. The monoisotopic (exact) mass is 217 g/mol. The minimum Gasteiger partial charge on any atom is -0.548 e. The summed E-state index contributed by atoms with van der Waals surface area (Å²) in [6, 6.07) is -2.79. The minimum absolute atomic E-state index is 0.103. The van der Waals surface area contributed by atoms with Crippen LogP contribution < -0.4 is 27.2 Å². The highest BCUT2D eigenvalue weighted by Gasteiger charge is 2.10. The van der Waals surface area contributed by atoms with E-state index in [9.17, 15) is 19.5 Å². The van der Waals surface area contributed by atoms with E-state index in [4.69, 9.17) is 11.5 Å². The normalized spacial score (nSPS) is 11.5. The fourth-order valence-electron chi connectivity index (χ4n) is 0.938. The van der Waals surface area contributed by atoms with E-state index in [-0.39, 0.29) is 13.0 Å². The Balaban J connectivity index is 3.81. The first-order valence-corrected chi connectivity index (χ1v) is 4.23. The Bertz CT molecular complexity index is 255. The lowest BCUT2D eigenvalue weighted by Crippen LogP contribution is -2.49. The first-order valence-electron chi connectivity index (χ1n) is 4.23. The van der Waals surface area contributed by atoms with Gasteiger partial charge in [-0.1, -0.05) is 0 Å². The van der Waals surface area contributed by atoms with Gasteiger partial charge in [-0.2, -0.15) is 0 Å². The second-order valence-electron chi connectivity index (χ2n) is 2.81. The summed E-state index contributed by atoms with van der Waals surface area (Å²) in [7, 11) is 0. The van der Waals surface area contributed by atoms with Crippen molar-refractivity contribution >= 4 is 18.0 Å². The number of rotatable bonds is 6. The van der Waals surface area contributed by atoms with Crippen molar-refractivity contribution in [2.75, 3.05) is 6.54 Å². The van der Waals surface area contributed by atoms with Gasteiger partial charge in [-0.3, -0.25) is 0 Å². The molecular formula is C7H13N4O4-. The van der Waals surface area contributed by atoms with Crippen LogP contribution in [0, 0.1) is 0 Å². The predicted molar refractivity (Wildman–Crippen MR) is 48.3 cm³/mol. The summed E-state index contributed by atoms with van der Waals surface area (Å²) in [6.45, 7) is 0.222. The number of nitrogens with two attached hydrogens (primary N) is 2. The maximum absolute atomic E-state index is 10.5. The van der Waals surface area contributed by atoms with Crippen LogP contribution in [0.1, 0.15) is 12.8 Å². The van der Waals surface area contributed by atoms with Gasteiger partial charge in [0.15, 0.2) is 0 Å². The summed E-state index contributed by atoms with van der Waals surface area (Å²) in [6.07, 6.45) is 0.438. The van der Waals surface area contributed by atoms with Gasteiger partial charge in [0.25, 0.3) is 0 Å². The molecule has 0 spiro atoms. The number of aliphatic carboxylic acids is 1. The van der Waals surface area contributed by atoms with Crippen LogP contribution in [0.2, 0.25) is 0 Å². The molecule has 6 N–H and O–H groups in total. The maximum Gasteiger partial charge on any atom is 0.312 e. The van der Waals surface area contributed by atoms with Gasteiger partial charge in [0.2, 0.25) is 0 Å². The van der Waals surface area contributed by atoms with Crippen LogP contribution in [0.3, 0.4) is 0 Å². The number of carboxylic acid groups (broad SMARTS) is 1. The fraction of sp³-hybridized carbons (Fsp3) is 0.571. The van der Waals surface area contributed by atoms with E-state index in [0.717, 1.165) is 0 Å². The molecule has 0 radical (unpaired) electrons. The molecule has 0 rings (SSSR count). The molecule has 0 aromatic carbocycles. The Morgan fingerprint density at radius 1 is 1.20 bits per heavy atom. The topological polar surface area (TPSA) is 150 Å². The van der Waals surface area contributed by atoms with Crippen molar-refractivity contribution in [3.8, 4) is 0 Å². The van der Waals surface area contributed by atoms with E-state index < -0.39 is 24.1 Å². The first kappa shape index (κ1) is 13.0. The number of urea groups is 2. The smallest absolute Gasteiger partial charge is 0.312 e. The molecule has 0 heterocycles. The van der Waals surface area contributed by atoms with Crippen LogP contribution in [0.5, 0.6) is 0 Å². The van der Waals surface area contributed by atoms with Gasteiger partial charge in [0, 0.05) is 6.54 Å². The molecule has 0 bridgehead atoms. The van der Waals surface area contributed by atoms with Gasteiger partial charge in [-0.05, 0) is 12.8 Å². The van der Waals surface area contributed by atoms with E-state index in [0.29, 0.717) is 6.42 Å². The molecule has 0 aromatic rings. The Hall–Kier alpha value is -1.99. The van der Waals surface area contributed by atoms with Crippen molar-refractivity contribution in [3.05, 3.63) is 0 Å². The third-order valence-corrected chi connectivity index (χ3v) is 1.57. The van der Waals surface area contributed by atoms with E-state index in [1.54, 1.807) is 0 Å². The summed E-state index contributed by atoms with van der Waals surface area (Å²) in [5, 5.41) is 14.7. The van der Waals surface area contributed by atoms with Crippen LogP contribution in [0.4, 0.5) is 9.59 Å². The summed E-state index contributed by atoms with van der Waals surface area (Å²) in [5.74, 6) is -1.42. The third-order valence-electron chi connectivity index (χ3n) is 1.57. The van der Waals surface area contributed by atoms with Crippen molar-refractivity contribution in [2.24, 2.45) is 11.5 Å². The standard InChI is InChI=1S/C7H14N4O4/c8-6(14)10-3-1-2-4(5(12)13)11-7(9)15/h4H,1-3H2,(H,12,13)(H3,8,10,14)(H3,9,11,15)/p-1/t4-/m0/s1. The van der Waals surface area contributed by atoms with Crippen LogP contribution in [0.15, 0.2) is 0 Å². The highest BCUT2D eigenvalue weighted by Crippen LogP contribution is 1.95.